The smallest absolute Gasteiger partial charge is 0.162 e. The molecule has 3 nitrogen and oxygen atoms in total. The summed E-state index contributed by atoms with van der Waals surface area (Å²) in [5.74, 6) is 1.42. The molecule has 1 heterocycles. The van der Waals surface area contributed by atoms with Gasteiger partial charge in [-0.3, -0.25) is 0 Å². The molecule has 0 aliphatic rings. The molecule has 0 aliphatic carbocycles. The molecule has 1 aromatic heterocycles. The number of fused-ring (bicyclic) bond motifs is 1. The fourth-order valence-corrected chi connectivity index (χ4v) is 2.33. The SMILES string of the molecule is COc1cc2snc(S)c2cc1OC. The van der Waals surface area contributed by atoms with Crippen molar-refractivity contribution in [1.29, 1.82) is 0 Å². The molecular formula is C9H9NO2S2. The molecule has 0 atom stereocenters. The van der Waals surface area contributed by atoms with Gasteiger partial charge in [-0.2, -0.15) is 4.37 Å². The molecule has 0 radical (unpaired) electrons. The van der Waals surface area contributed by atoms with Crippen LogP contribution >= 0.6 is 24.2 Å². The minimum Gasteiger partial charge on any atom is -0.493 e. The van der Waals surface area contributed by atoms with Crippen LogP contribution in [0.3, 0.4) is 0 Å². The van der Waals surface area contributed by atoms with E-state index in [9.17, 15) is 0 Å². The third-order valence-corrected chi connectivity index (χ3v) is 3.24. The molecular weight excluding hydrogens is 218 g/mol. The van der Waals surface area contributed by atoms with E-state index in [-0.39, 0.29) is 0 Å². The molecule has 1 aromatic carbocycles. The first-order valence-electron chi connectivity index (χ1n) is 3.96. The van der Waals surface area contributed by atoms with Crippen molar-refractivity contribution in [2.75, 3.05) is 14.2 Å². The van der Waals surface area contributed by atoms with Crippen LogP contribution < -0.4 is 9.47 Å². The lowest BCUT2D eigenvalue weighted by Gasteiger charge is -2.06. The maximum atomic E-state index is 5.19. The van der Waals surface area contributed by atoms with Crippen molar-refractivity contribution >= 4 is 34.2 Å². The maximum Gasteiger partial charge on any atom is 0.162 e. The number of hydrogen-bond donors (Lipinski definition) is 1. The number of benzene rings is 1. The van der Waals surface area contributed by atoms with E-state index in [4.69, 9.17) is 9.47 Å². The molecule has 14 heavy (non-hydrogen) atoms. The fraction of sp³-hybridized carbons (Fsp3) is 0.222. The largest absolute Gasteiger partial charge is 0.493 e. The zero-order valence-corrected chi connectivity index (χ0v) is 9.48. The summed E-state index contributed by atoms with van der Waals surface area (Å²) >= 11 is 5.65. The van der Waals surface area contributed by atoms with Crippen LogP contribution in [0.15, 0.2) is 17.2 Å². The van der Waals surface area contributed by atoms with Crippen LogP contribution in [0, 0.1) is 0 Å². The third-order valence-electron chi connectivity index (χ3n) is 1.96. The van der Waals surface area contributed by atoms with Gasteiger partial charge in [0, 0.05) is 11.5 Å². The molecule has 2 rings (SSSR count). The molecule has 74 valence electrons. The molecule has 5 heteroatoms. The molecule has 0 saturated carbocycles. The maximum absolute atomic E-state index is 5.19. The Kier molecular flexibility index (Phi) is 2.52. The van der Waals surface area contributed by atoms with Crippen LogP contribution in [0.2, 0.25) is 0 Å². The Morgan fingerprint density at radius 3 is 2.50 bits per heavy atom. The van der Waals surface area contributed by atoms with Gasteiger partial charge in [0.1, 0.15) is 5.03 Å². The molecule has 0 bridgehead atoms. The predicted octanol–water partition coefficient (Wildman–Crippen LogP) is 2.60. The van der Waals surface area contributed by atoms with E-state index >= 15 is 0 Å². The summed E-state index contributed by atoms with van der Waals surface area (Å²) in [4.78, 5) is 0. The molecule has 2 aromatic rings. The van der Waals surface area contributed by atoms with E-state index < -0.39 is 0 Å². The van der Waals surface area contributed by atoms with Crippen LogP contribution in [-0.4, -0.2) is 18.6 Å². The predicted molar refractivity (Wildman–Crippen MR) is 60.0 cm³/mol. The summed E-state index contributed by atoms with van der Waals surface area (Å²) < 4.78 is 15.6. The van der Waals surface area contributed by atoms with Crippen molar-refractivity contribution in [3.63, 3.8) is 0 Å². The second-order valence-electron chi connectivity index (χ2n) is 2.71. The number of hydrogen-bond acceptors (Lipinski definition) is 5. The van der Waals surface area contributed by atoms with E-state index in [2.05, 4.69) is 17.0 Å². The van der Waals surface area contributed by atoms with Gasteiger partial charge in [0.25, 0.3) is 0 Å². The highest BCUT2D eigenvalue weighted by Gasteiger charge is 2.09. The molecule has 0 spiro atoms. The normalized spacial score (nSPS) is 10.5. The number of nitrogens with zero attached hydrogens (tertiary/aromatic N) is 1. The van der Waals surface area contributed by atoms with Gasteiger partial charge in [0.15, 0.2) is 11.5 Å². The molecule has 0 fully saturated rings. The first-order valence-corrected chi connectivity index (χ1v) is 5.18. The summed E-state index contributed by atoms with van der Waals surface area (Å²) in [5.41, 5.74) is 0. The Bertz CT molecular complexity index is 467. The van der Waals surface area contributed by atoms with Crippen molar-refractivity contribution in [1.82, 2.24) is 4.37 Å². The second kappa shape index (κ2) is 3.67. The summed E-state index contributed by atoms with van der Waals surface area (Å²) in [6.07, 6.45) is 0. The third kappa shape index (κ3) is 1.42. The average Bonchev–Trinajstić information content (AvgIpc) is 2.58. The summed E-state index contributed by atoms with van der Waals surface area (Å²) in [6.45, 7) is 0. The Hall–Kier alpha value is -0.940. The van der Waals surface area contributed by atoms with E-state index in [0.717, 1.165) is 20.9 Å². The van der Waals surface area contributed by atoms with Crippen molar-refractivity contribution in [2.24, 2.45) is 0 Å². The average molecular weight is 227 g/mol. The quantitative estimate of drug-likeness (QED) is 0.800. The first-order chi connectivity index (χ1) is 6.76. The topological polar surface area (TPSA) is 31.4 Å². The number of thiol groups is 1. The van der Waals surface area contributed by atoms with Gasteiger partial charge in [0.2, 0.25) is 0 Å². The van der Waals surface area contributed by atoms with E-state index in [1.54, 1.807) is 14.2 Å². The highest BCUT2D eigenvalue weighted by atomic mass is 32.1. The number of methoxy groups -OCH3 is 2. The minimum atomic E-state index is 0.704. The van der Waals surface area contributed by atoms with Crippen molar-refractivity contribution in [3.8, 4) is 11.5 Å². The monoisotopic (exact) mass is 227 g/mol. The molecule has 0 aliphatic heterocycles. The first kappa shape index (κ1) is 9.61. The van der Waals surface area contributed by atoms with Crippen LogP contribution in [0.5, 0.6) is 11.5 Å². The van der Waals surface area contributed by atoms with Gasteiger partial charge in [-0.05, 0) is 17.6 Å². The summed E-state index contributed by atoms with van der Waals surface area (Å²) in [6, 6.07) is 3.80. The van der Waals surface area contributed by atoms with Crippen LogP contribution in [0.25, 0.3) is 10.1 Å². The second-order valence-corrected chi connectivity index (χ2v) is 3.94. The van der Waals surface area contributed by atoms with Crippen molar-refractivity contribution in [3.05, 3.63) is 12.1 Å². The zero-order chi connectivity index (χ0) is 10.1. The van der Waals surface area contributed by atoms with Gasteiger partial charge in [-0.1, -0.05) is 0 Å². The lowest BCUT2D eigenvalue weighted by atomic mass is 10.2. The highest BCUT2D eigenvalue weighted by Crippen LogP contribution is 2.36. The zero-order valence-electron chi connectivity index (χ0n) is 7.77. The van der Waals surface area contributed by atoms with Gasteiger partial charge in [-0.15, -0.1) is 12.6 Å². The van der Waals surface area contributed by atoms with Crippen LogP contribution in [0.4, 0.5) is 0 Å². The number of rotatable bonds is 2. The molecule has 0 amide bonds. The fourth-order valence-electron chi connectivity index (χ4n) is 1.25. The Balaban J connectivity index is 2.71. The standard InChI is InChI=1S/C9H9NO2S2/c1-11-6-3-5-8(4-7(6)12-2)14-10-9(5)13/h3-4H,1-2H3,(H,10,13). The van der Waals surface area contributed by atoms with E-state index in [1.807, 2.05) is 12.1 Å². The van der Waals surface area contributed by atoms with Gasteiger partial charge < -0.3 is 9.47 Å². The minimum absolute atomic E-state index is 0.704. The Labute approximate surface area is 91.2 Å². The van der Waals surface area contributed by atoms with E-state index in [1.165, 1.54) is 11.5 Å². The van der Waals surface area contributed by atoms with Crippen LogP contribution in [0.1, 0.15) is 0 Å². The molecule has 0 saturated heterocycles. The Morgan fingerprint density at radius 2 is 1.86 bits per heavy atom. The lowest BCUT2D eigenvalue weighted by Crippen LogP contribution is -1.89. The van der Waals surface area contributed by atoms with Crippen molar-refractivity contribution in [2.45, 2.75) is 5.03 Å². The Morgan fingerprint density at radius 1 is 1.21 bits per heavy atom. The van der Waals surface area contributed by atoms with Gasteiger partial charge >= 0.3 is 0 Å². The molecule has 0 unspecified atom stereocenters. The molecule has 0 N–H and O–H groups in total. The van der Waals surface area contributed by atoms with Gasteiger partial charge in [0.05, 0.1) is 18.9 Å². The van der Waals surface area contributed by atoms with Gasteiger partial charge in [-0.25, -0.2) is 0 Å². The number of ether oxygens (including phenoxy) is 2. The number of aromatic nitrogens is 1. The summed E-state index contributed by atoms with van der Waals surface area (Å²) in [5, 5.41) is 1.72. The lowest BCUT2D eigenvalue weighted by molar-refractivity contribution is 0.356. The van der Waals surface area contributed by atoms with E-state index in [0.29, 0.717) is 5.75 Å². The van der Waals surface area contributed by atoms with Crippen molar-refractivity contribution < 1.29 is 9.47 Å². The highest BCUT2D eigenvalue weighted by molar-refractivity contribution is 7.80. The van der Waals surface area contributed by atoms with Crippen LogP contribution in [-0.2, 0) is 0 Å². The summed E-state index contributed by atoms with van der Waals surface area (Å²) in [7, 11) is 3.23.